The molecule has 0 atom stereocenters. The molecule has 1 aliphatic heterocycles. The van der Waals surface area contributed by atoms with Crippen LogP contribution in [-0.2, 0) is 6.61 Å². The Morgan fingerprint density at radius 1 is 1.33 bits per heavy atom. The summed E-state index contributed by atoms with van der Waals surface area (Å²) in [7, 11) is 0. The van der Waals surface area contributed by atoms with Crippen LogP contribution < -0.4 is 9.47 Å². The number of ketones is 1. The number of thiophene rings is 1. The standard InChI is InChI=1S/C13H9BrO3S/c14-13-4-2-9(18-13)6-16-8-1-3-10-11(15)7-17-12(10)5-8/h1-5H,6-7H2. The molecule has 5 heteroatoms. The number of fused-ring (bicyclic) bond motifs is 1. The van der Waals surface area contributed by atoms with Gasteiger partial charge in [0.1, 0.15) is 18.1 Å². The number of hydrogen-bond acceptors (Lipinski definition) is 4. The molecule has 0 unspecified atom stereocenters. The maximum atomic E-state index is 11.4. The van der Waals surface area contributed by atoms with Gasteiger partial charge in [-0.3, -0.25) is 4.79 Å². The van der Waals surface area contributed by atoms with E-state index in [9.17, 15) is 4.79 Å². The molecule has 0 saturated heterocycles. The van der Waals surface area contributed by atoms with Gasteiger partial charge in [0.25, 0.3) is 0 Å². The lowest BCUT2D eigenvalue weighted by atomic mass is 10.1. The molecular weight excluding hydrogens is 316 g/mol. The zero-order valence-electron chi connectivity index (χ0n) is 9.31. The van der Waals surface area contributed by atoms with Crippen molar-refractivity contribution < 1.29 is 14.3 Å². The Morgan fingerprint density at radius 2 is 2.22 bits per heavy atom. The summed E-state index contributed by atoms with van der Waals surface area (Å²) < 4.78 is 12.0. The molecule has 0 spiro atoms. The highest BCUT2D eigenvalue weighted by molar-refractivity contribution is 9.11. The number of Topliss-reactive ketones (excluding diaryl/α,β-unsaturated/α-hetero) is 1. The lowest BCUT2D eigenvalue weighted by Gasteiger charge is -2.05. The number of ether oxygens (including phenoxy) is 2. The molecule has 1 aromatic heterocycles. The fourth-order valence-electron chi connectivity index (χ4n) is 1.75. The number of rotatable bonds is 3. The van der Waals surface area contributed by atoms with Crippen LogP contribution in [0.4, 0.5) is 0 Å². The molecule has 0 fully saturated rings. The molecule has 0 N–H and O–H groups in total. The molecular formula is C13H9BrO3S. The Balaban J connectivity index is 1.72. The minimum atomic E-state index is 0.0266. The first-order valence-electron chi connectivity index (χ1n) is 5.39. The van der Waals surface area contributed by atoms with Crippen molar-refractivity contribution in [2.45, 2.75) is 6.61 Å². The summed E-state index contributed by atoms with van der Waals surface area (Å²) in [6, 6.07) is 9.33. The van der Waals surface area contributed by atoms with E-state index in [0.717, 1.165) is 8.66 Å². The third kappa shape index (κ3) is 2.28. The van der Waals surface area contributed by atoms with Crippen molar-refractivity contribution >= 4 is 33.0 Å². The number of hydrogen-bond donors (Lipinski definition) is 0. The molecule has 92 valence electrons. The van der Waals surface area contributed by atoms with Crippen molar-refractivity contribution in [1.82, 2.24) is 0 Å². The Morgan fingerprint density at radius 3 is 3.00 bits per heavy atom. The van der Waals surface area contributed by atoms with E-state index < -0.39 is 0 Å². The minimum Gasteiger partial charge on any atom is -0.488 e. The van der Waals surface area contributed by atoms with Crippen LogP contribution in [-0.4, -0.2) is 12.4 Å². The van der Waals surface area contributed by atoms with Crippen LogP contribution in [0.2, 0.25) is 0 Å². The van der Waals surface area contributed by atoms with Crippen molar-refractivity contribution in [3.05, 3.63) is 44.6 Å². The van der Waals surface area contributed by atoms with Gasteiger partial charge >= 0.3 is 0 Å². The summed E-state index contributed by atoms with van der Waals surface area (Å²) in [5, 5.41) is 0. The summed E-state index contributed by atoms with van der Waals surface area (Å²) in [5.74, 6) is 1.36. The summed E-state index contributed by atoms with van der Waals surface area (Å²) in [6.45, 7) is 0.652. The Bertz CT molecular complexity index is 606. The van der Waals surface area contributed by atoms with Crippen molar-refractivity contribution in [3.63, 3.8) is 0 Å². The zero-order valence-corrected chi connectivity index (χ0v) is 11.7. The van der Waals surface area contributed by atoms with Crippen molar-refractivity contribution in [2.75, 3.05) is 6.61 Å². The van der Waals surface area contributed by atoms with Gasteiger partial charge in [-0.05, 0) is 40.2 Å². The van der Waals surface area contributed by atoms with Crippen molar-refractivity contribution in [2.24, 2.45) is 0 Å². The maximum Gasteiger partial charge on any atom is 0.203 e. The lowest BCUT2D eigenvalue weighted by molar-refractivity contribution is 0.0961. The van der Waals surface area contributed by atoms with Gasteiger partial charge in [0.2, 0.25) is 5.78 Å². The second-order valence-corrected chi connectivity index (χ2v) is 6.41. The molecule has 2 heterocycles. The Kier molecular flexibility index (Phi) is 3.09. The third-order valence-electron chi connectivity index (χ3n) is 2.62. The second-order valence-electron chi connectivity index (χ2n) is 3.86. The molecule has 0 aliphatic carbocycles. The summed E-state index contributed by atoms with van der Waals surface area (Å²) in [6.07, 6.45) is 0. The molecule has 0 saturated carbocycles. The van der Waals surface area contributed by atoms with Crippen LogP contribution in [0.3, 0.4) is 0 Å². The highest BCUT2D eigenvalue weighted by Crippen LogP contribution is 2.30. The first-order valence-corrected chi connectivity index (χ1v) is 7.00. The normalized spacial score (nSPS) is 13.3. The monoisotopic (exact) mass is 324 g/mol. The van der Waals surface area contributed by atoms with Gasteiger partial charge < -0.3 is 9.47 Å². The molecule has 0 bridgehead atoms. The van der Waals surface area contributed by atoms with Crippen molar-refractivity contribution in [3.8, 4) is 11.5 Å². The first-order chi connectivity index (χ1) is 8.72. The lowest BCUT2D eigenvalue weighted by Crippen LogP contribution is -1.98. The average Bonchev–Trinajstić information content (AvgIpc) is 2.94. The van der Waals surface area contributed by atoms with Gasteiger partial charge in [-0.2, -0.15) is 0 Å². The van der Waals surface area contributed by atoms with Gasteiger partial charge in [0.05, 0.1) is 9.35 Å². The summed E-state index contributed by atoms with van der Waals surface area (Å²) >= 11 is 5.05. The van der Waals surface area contributed by atoms with Gasteiger partial charge in [-0.15, -0.1) is 11.3 Å². The highest BCUT2D eigenvalue weighted by atomic mass is 79.9. The molecule has 3 nitrogen and oxygen atoms in total. The Labute approximate surface area is 116 Å². The maximum absolute atomic E-state index is 11.4. The molecule has 1 aliphatic rings. The van der Waals surface area contributed by atoms with Gasteiger partial charge in [0.15, 0.2) is 6.61 Å². The third-order valence-corrected chi connectivity index (χ3v) is 4.22. The van der Waals surface area contributed by atoms with Crippen LogP contribution in [0.1, 0.15) is 15.2 Å². The molecule has 2 aromatic rings. The quantitative estimate of drug-likeness (QED) is 0.864. The second kappa shape index (κ2) is 4.74. The molecule has 0 amide bonds. The van der Waals surface area contributed by atoms with Crippen LogP contribution in [0, 0.1) is 0 Å². The minimum absolute atomic E-state index is 0.0266. The van der Waals surface area contributed by atoms with Crippen LogP contribution in [0.25, 0.3) is 0 Å². The largest absolute Gasteiger partial charge is 0.488 e. The van der Waals surface area contributed by atoms with Crippen LogP contribution in [0.5, 0.6) is 11.5 Å². The van der Waals surface area contributed by atoms with E-state index >= 15 is 0 Å². The smallest absolute Gasteiger partial charge is 0.203 e. The first kappa shape index (κ1) is 11.7. The highest BCUT2D eigenvalue weighted by Gasteiger charge is 2.21. The molecule has 3 rings (SSSR count). The van der Waals surface area contributed by atoms with E-state index in [4.69, 9.17) is 9.47 Å². The van der Waals surface area contributed by atoms with E-state index in [2.05, 4.69) is 15.9 Å². The number of benzene rings is 1. The van der Waals surface area contributed by atoms with E-state index in [0.29, 0.717) is 23.7 Å². The Hall–Kier alpha value is -1.33. The number of halogens is 1. The molecule has 0 radical (unpaired) electrons. The topological polar surface area (TPSA) is 35.5 Å². The van der Waals surface area contributed by atoms with E-state index in [1.807, 2.05) is 12.1 Å². The van der Waals surface area contributed by atoms with Gasteiger partial charge in [0, 0.05) is 10.9 Å². The fraction of sp³-hybridized carbons (Fsp3) is 0.154. The number of carbonyl (C=O) groups excluding carboxylic acids is 1. The van der Waals surface area contributed by atoms with E-state index in [1.165, 1.54) is 0 Å². The molecule has 18 heavy (non-hydrogen) atoms. The van der Waals surface area contributed by atoms with E-state index in [-0.39, 0.29) is 12.4 Å². The predicted octanol–water partition coefficient (Wildman–Crippen LogP) is 3.66. The van der Waals surface area contributed by atoms with Gasteiger partial charge in [-0.25, -0.2) is 0 Å². The fourth-order valence-corrected chi connectivity index (χ4v) is 3.14. The number of carbonyl (C=O) groups is 1. The SMILES string of the molecule is O=C1COc2cc(OCc3ccc(Br)s3)ccc21. The summed E-state index contributed by atoms with van der Waals surface area (Å²) in [4.78, 5) is 12.5. The van der Waals surface area contributed by atoms with E-state index in [1.54, 1.807) is 29.5 Å². The predicted molar refractivity (Wildman–Crippen MR) is 72.6 cm³/mol. The van der Waals surface area contributed by atoms with Crippen molar-refractivity contribution in [1.29, 1.82) is 0 Å². The van der Waals surface area contributed by atoms with Crippen LogP contribution >= 0.6 is 27.3 Å². The zero-order chi connectivity index (χ0) is 12.5. The molecule has 1 aromatic carbocycles. The average molecular weight is 325 g/mol. The summed E-state index contributed by atoms with van der Waals surface area (Å²) in [5.41, 5.74) is 0.640. The van der Waals surface area contributed by atoms with Gasteiger partial charge in [-0.1, -0.05) is 0 Å². The van der Waals surface area contributed by atoms with Crippen LogP contribution in [0.15, 0.2) is 34.1 Å².